The Morgan fingerprint density at radius 3 is 2.78 bits per heavy atom. The van der Waals surface area contributed by atoms with Gasteiger partial charge in [0.1, 0.15) is 0 Å². The maximum absolute atomic E-state index is 10.7. The summed E-state index contributed by atoms with van der Waals surface area (Å²) in [5.74, 6) is 0.452. The molecule has 0 fully saturated rings. The Bertz CT molecular complexity index is 604. The normalized spacial score (nSPS) is 10.6. The van der Waals surface area contributed by atoms with Crippen molar-refractivity contribution in [2.24, 2.45) is 7.05 Å². The average molecular weight is 246 g/mol. The predicted molar refractivity (Wildman–Crippen MR) is 68.3 cm³/mol. The first-order valence-electron chi connectivity index (χ1n) is 5.50. The van der Waals surface area contributed by atoms with Crippen LogP contribution in [0.3, 0.4) is 0 Å². The van der Waals surface area contributed by atoms with Gasteiger partial charge in [-0.3, -0.25) is 10.1 Å². The molecule has 94 valence electrons. The third-order valence-electron chi connectivity index (χ3n) is 2.94. The molecule has 0 amide bonds. The highest BCUT2D eigenvalue weighted by Gasteiger charge is 2.12. The van der Waals surface area contributed by atoms with E-state index in [0.717, 1.165) is 17.0 Å². The van der Waals surface area contributed by atoms with Crippen LogP contribution in [0.25, 0.3) is 0 Å². The third kappa shape index (κ3) is 2.17. The van der Waals surface area contributed by atoms with Crippen molar-refractivity contribution < 1.29 is 4.92 Å². The number of anilines is 1. The summed E-state index contributed by atoms with van der Waals surface area (Å²) in [5, 5.41) is 10.7. The Morgan fingerprint density at radius 2 is 2.22 bits per heavy atom. The summed E-state index contributed by atoms with van der Waals surface area (Å²) in [6.07, 6.45) is 0.578. The van der Waals surface area contributed by atoms with Crippen molar-refractivity contribution in [2.75, 3.05) is 5.73 Å². The molecule has 2 aromatic rings. The fraction of sp³-hybridized carbons (Fsp3) is 0.250. The highest BCUT2D eigenvalue weighted by atomic mass is 16.6. The van der Waals surface area contributed by atoms with E-state index in [-0.39, 0.29) is 5.69 Å². The van der Waals surface area contributed by atoms with Crippen molar-refractivity contribution >= 4 is 11.6 Å². The van der Waals surface area contributed by atoms with Gasteiger partial charge in [-0.25, -0.2) is 4.98 Å². The minimum absolute atomic E-state index is 0.0975. The molecule has 0 unspecified atom stereocenters. The van der Waals surface area contributed by atoms with Crippen LogP contribution in [-0.2, 0) is 13.5 Å². The first-order valence-corrected chi connectivity index (χ1v) is 5.50. The number of hydrogen-bond acceptors (Lipinski definition) is 4. The summed E-state index contributed by atoms with van der Waals surface area (Å²) < 4.78 is 1.80. The number of rotatable bonds is 3. The molecule has 0 radical (unpaired) electrons. The van der Waals surface area contributed by atoms with Crippen molar-refractivity contribution in [3.05, 3.63) is 51.3 Å². The van der Waals surface area contributed by atoms with E-state index in [1.54, 1.807) is 16.7 Å². The van der Waals surface area contributed by atoms with Crippen LogP contribution in [0.2, 0.25) is 0 Å². The molecule has 0 spiro atoms. The topological polar surface area (TPSA) is 87.0 Å². The molecule has 0 bridgehead atoms. The lowest BCUT2D eigenvalue weighted by Crippen LogP contribution is -2.02. The molecule has 0 saturated carbocycles. The largest absolute Gasteiger partial charge is 0.369 e. The number of non-ortho nitro benzene ring substituents is 1. The van der Waals surface area contributed by atoms with Gasteiger partial charge >= 0.3 is 0 Å². The molecule has 0 aliphatic heterocycles. The number of benzene rings is 1. The van der Waals surface area contributed by atoms with E-state index in [1.165, 1.54) is 6.07 Å². The highest BCUT2D eigenvalue weighted by molar-refractivity contribution is 5.38. The predicted octanol–water partition coefficient (Wildman–Crippen LogP) is 1.81. The van der Waals surface area contributed by atoms with Crippen LogP contribution in [0.1, 0.15) is 17.0 Å². The number of imidazole rings is 1. The molecular weight excluding hydrogens is 232 g/mol. The number of aromatic nitrogens is 2. The van der Waals surface area contributed by atoms with Gasteiger partial charge < -0.3 is 10.3 Å². The number of nitrogens with two attached hydrogens (primary N) is 1. The molecule has 6 nitrogen and oxygen atoms in total. The minimum Gasteiger partial charge on any atom is -0.369 e. The molecular formula is C12H14N4O2. The third-order valence-corrected chi connectivity index (χ3v) is 2.94. The first kappa shape index (κ1) is 12.1. The Hall–Kier alpha value is -2.37. The summed E-state index contributed by atoms with van der Waals surface area (Å²) in [7, 11) is 1.84. The van der Waals surface area contributed by atoms with Crippen LogP contribution in [0.4, 0.5) is 11.6 Å². The van der Waals surface area contributed by atoms with Gasteiger partial charge in [0.05, 0.1) is 10.6 Å². The summed E-state index contributed by atoms with van der Waals surface area (Å²) in [6.45, 7) is 1.88. The molecule has 2 N–H and O–H groups in total. The Balaban J connectivity index is 2.34. The molecule has 0 aliphatic carbocycles. The number of nitro benzene ring substituents is 1. The van der Waals surface area contributed by atoms with E-state index < -0.39 is 4.92 Å². The van der Waals surface area contributed by atoms with Gasteiger partial charge in [-0.2, -0.15) is 0 Å². The number of nitro groups is 1. The van der Waals surface area contributed by atoms with E-state index in [2.05, 4.69) is 4.98 Å². The minimum atomic E-state index is -0.395. The lowest BCUT2D eigenvalue weighted by molar-refractivity contribution is -0.384. The second-order valence-corrected chi connectivity index (χ2v) is 4.16. The smallest absolute Gasteiger partial charge is 0.269 e. The van der Waals surface area contributed by atoms with Crippen LogP contribution in [0.15, 0.2) is 24.3 Å². The number of hydrogen-bond donors (Lipinski definition) is 1. The maximum atomic E-state index is 10.7. The molecule has 18 heavy (non-hydrogen) atoms. The fourth-order valence-corrected chi connectivity index (χ4v) is 1.91. The van der Waals surface area contributed by atoms with Crippen LogP contribution in [-0.4, -0.2) is 14.5 Å². The SMILES string of the molecule is Cc1nc(N)n(C)c1Cc1cccc([N+](=O)[O-])c1. The van der Waals surface area contributed by atoms with Gasteiger partial charge in [0.2, 0.25) is 0 Å². The Kier molecular flexibility index (Phi) is 3.01. The average Bonchev–Trinajstić information content (AvgIpc) is 2.56. The monoisotopic (exact) mass is 246 g/mol. The number of nitrogen functional groups attached to an aromatic ring is 1. The van der Waals surface area contributed by atoms with E-state index in [0.29, 0.717) is 12.4 Å². The lowest BCUT2D eigenvalue weighted by atomic mass is 10.1. The van der Waals surface area contributed by atoms with E-state index in [4.69, 9.17) is 5.73 Å². The molecule has 1 heterocycles. The van der Waals surface area contributed by atoms with Crippen LogP contribution in [0.5, 0.6) is 0 Å². The van der Waals surface area contributed by atoms with Gasteiger partial charge in [0.15, 0.2) is 5.95 Å². The first-order chi connectivity index (χ1) is 8.49. The van der Waals surface area contributed by atoms with Crippen LogP contribution in [0, 0.1) is 17.0 Å². The highest BCUT2D eigenvalue weighted by Crippen LogP contribution is 2.19. The van der Waals surface area contributed by atoms with Crippen molar-refractivity contribution in [3.8, 4) is 0 Å². The second kappa shape index (κ2) is 4.48. The molecule has 1 aromatic carbocycles. The summed E-state index contributed by atoms with van der Waals surface area (Å²) in [4.78, 5) is 14.5. The quantitative estimate of drug-likeness (QED) is 0.660. The Morgan fingerprint density at radius 1 is 1.50 bits per heavy atom. The van der Waals surface area contributed by atoms with Crippen LogP contribution >= 0.6 is 0 Å². The zero-order valence-electron chi connectivity index (χ0n) is 10.3. The van der Waals surface area contributed by atoms with Gasteiger partial charge in [-0.15, -0.1) is 0 Å². The Labute approximate surface area is 104 Å². The van der Waals surface area contributed by atoms with Gasteiger partial charge in [-0.05, 0) is 12.5 Å². The van der Waals surface area contributed by atoms with E-state index >= 15 is 0 Å². The summed E-state index contributed by atoms with van der Waals surface area (Å²) >= 11 is 0. The summed E-state index contributed by atoms with van der Waals surface area (Å²) in [6, 6.07) is 6.59. The van der Waals surface area contributed by atoms with Gasteiger partial charge in [-0.1, -0.05) is 12.1 Å². The van der Waals surface area contributed by atoms with Crippen molar-refractivity contribution in [1.29, 1.82) is 0 Å². The molecule has 2 rings (SSSR count). The number of nitrogens with zero attached hydrogens (tertiary/aromatic N) is 3. The molecule has 6 heteroatoms. The fourth-order valence-electron chi connectivity index (χ4n) is 1.91. The standard InChI is InChI=1S/C12H14N4O2/c1-8-11(15(2)12(13)14-8)7-9-4-3-5-10(6-9)16(17)18/h3-6H,7H2,1-2H3,(H2,13,14). The maximum Gasteiger partial charge on any atom is 0.269 e. The summed E-state index contributed by atoms with van der Waals surface area (Å²) in [5.41, 5.74) is 8.50. The zero-order valence-corrected chi connectivity index (χ0v) is 10.3. The van der Waals surface area contributed by atoms with Crippen molar-refractivity contribution in [2.45, 2.75) is 13.3 Å². The lowest BCUT2D eigenvalue weighted by Gasteiger charge is -2.05. The zero-order chi connectivity index (χ0) is 13.3. The molecule has 0 aliphatic rings. The van der Waals surface area contributed by atoms with Crippen molar-refractivity contribution in [3.63, 3.8) is 0 Å². The van der Waals surface area contributed by atoms with Crippen molar-refractivity contribution in [1.82, 2.24) is 9.55 Å². The van der Waals surface area contributed by atoms with E-state index in [1.807, 2.05) is 20.0 Å². The number of aryl methyl sites for hydroxylation is 1. The second-order valence-electron chi connectivity index (χ2n) is 4.16. The van der Waals surface area contributed by atoms with E-state index in [9.17, 15) is 10.1 Å². The van der Waals surface area contributed by atoms with Crippen LogP contribution < -0.4 is 5.73 Å². The molecule has 0 saturated heterocycles. The van der Waals surface area contributed by atoms with Gasteiger partial charge in [0, 0.05) is 31.3 Å². The molecule has 0 atom stereocenters. The molecule has 1 aromatic heterocycles. The van der Waals surface area contributed by atoms with Gasteiger partial charge in [0.25, 0.3) is 5.69 Å².